The molecule has 170 valence electrons. The summed E-state index contributed by atoms with van der Waals surface area (Å²) in [5.74, 6) is -0.300. The predicted molar refractivity (Wildman–Crippen MR) is 134 cm³/mol. The molecule has 0 aliphatic heterocycles. The number of aromatic nitrogens is 1. The van der Waals surface area contributed by atoms with Crippen LogP contribution in [-0.2, 0) is 10.0 Å². The van der Waals surface area contributed by atoms with Crippen LogP contribution < -0.4 is 5.32 Å². The number of hydrogen-bond acceptors (Lipinski definition) is 5. The highest BCUT2D eigenvalue weighted by Crippen LogP contribution is 2.30. The lowest BCUT2D eigenvalue weighted by Crippen LogP contribution is -2.28. The first-order chi connectivity index (χ1) is 15.9. The highest BCUT2D eigenvalue weighted by atomic mass is 32.2. The zero-order valence-corrected chi connectivity index (χ0v) is 20.1. The second-order valence-corrected chi connectivity index (χ2v) is 10.8. The molecule has 0 unspecified atom stereocenters. The van der Waals surface area contributed by atoms with Gasteiger partial charge in [-0.1, -0.05) is 25.5 Å². The van der Waals surface area contributed by atoms with E-state index in [1.165, 1.54) is 28.6 Å². The summed E-state index contributed by atoms with van der Waals surface area (Å²) in [6.07, 6.45) is 1.72. The first-order valence-electron chi connectivity index (χ1n) is 10.7. The molecule has 0 saturated carbocycles. The number of sulfonamides is 1. The zero-order chi connectivity index (χ0) is 23.4. The molecule has 0 aliphatic carbocycles. The van der Waals surface area contributed by atoms with Crippen LogP contribution in [0.3, 0.4) is 0 Å². The van der Waals surface area contributed by atoms with E-state index in [0.29, 0.717) is 17.8 Å². The summed E-state index contributed by atoms with van der Waals surface area (Å²) in [5.41, 5.74) is 2.99. The van der Waals surface area contributed by atoms with Gasteiger partial charge in [0.1, 0.15) is 5.01 Å². The fourth-order valence-corrected chi connectivity index (χ4v) is 5.53. The predicted octanol–water partition coefficient (Wildman–Crippen LogP) is 5.64. The maximum Gasteiger partial charge on any atom is 0.255 e. The molecule has 0 aliphatic rings. The van der Waals surface area contributed by atoms with Crippen molar-refractivity contribution in [1.82, 2.24) is 9.29 Å². The topological polar surface area (TPSA) is 79.4 Å². The molecule has 0 radical (unpaired) electrons. The SMILES string of the molecule is CCCCN(C)S(=O)(=O)c1ccc(C(=O)Nc2ccc(-c3nc4ccccc4s3)cc2)cc1. The molecule has 6 nitrogen and oxygen atoms in total. The van der Waals surface area contributed by atoms with Crippen molar-refractivity contribution >= 4 is 43.2 Å². The number of rotatable bonds is 8. The number of amides is 1. The van der Waals surface area contributed by atoms with Gasteiger partial charge in [-0.25, -0.2) is 17.7 Å². The van der Waals surface area contributed by atoms with Crippen molar-refractivity contribution < 1.29 is 13.2 Å². The molecule has 0 saturated heterocycles. The number of thiazole rings is 1. The highest BCUT2D eigenvalue weighted by molar-refractivity contribution is 7.89. The van der Waals surface area contributed by atoms with Crippen LogP contribution in [0.25, 0.3) is 20.8 Å². The van der Waals surface area contributed by atoms with Gasteiger partial charge in [0.05, 0.1) is 15.1 Å². The monoisotopic (exact) mass is 479 g/mol. The largest absolute Gasteiger partial charge is 0.322 e. The lowest BCUT2D eigenvalue weighted by Gasteiger charge is -2.17. The smallest absolute Gasteiger partial charge is 0.255 e. The first-order valence-corrected chi connectivity index (χ1v) is 13.0. The summed E-state index contributed by atoms with van der Waals surface area (Å²) in [4.78, 5) is 17.5. The normalized spacial score (nSPS) is 11.7. The van der Waals surface area contributed by atoms with Crippen LogP contribution in [0.4, 0.5) is 5.69 Å². The number of anilines is 1. The van der Waals surface area contributed by atoms with Gasteiger partial charge in [0.15, 0.2) is 0 Å². The Morgan fingerprint density at radius 3 is 2.36 bits per heavy atom. The summed E-state index contributed by atoms with van der Waals surface area (Å²) in [7, 11) is -1.98. The Balaban J connectivity index is 1.44. The first kappa shape index (κ1) is 23.1. The third-order valence-electron chi connectivity index (χ3n) is 5.33. The van der Waals surface area contributed by atoms with Crippen LogP contribution in [-0.4, -0.2) is 37.2 Å². The minimum absolute atomic E-state index is 0.179. The van der Waals surface area contributed by atoms with Crippen LogP contribution in [0.15, 0.2) is 77.7 Å². The standard InChI is InChI=1S/C25H25N3O3S2/c1-3-4-17-28(2)33(30,31)21-15-11-18(12-16-21)24(29)26-20-13-9-19(10-14-20)25-27-22-7-5-6-8-23(22)32-25/h5-16H,3-4,17H2,1-2H3,(H,26,29). The number of hydrogen-bond donors (Lipinski definition) is 1. The number of unbranched alkanes of at least 4 members (excludes halogenated alkanes) is 1. The number of carbonyl (C=O) groups is 1. The lowest BCUT2D eigenvalue weighted by atomic mass is 10.2. The Kier molecular flexibility index (Phi) is 6.88. The molecule has 0 atom stereocenters. The van der Waals surface area contributed by atoms with E-state index in [2.05, 4.69) is 10.3 Å². The molecule has 33 heavy (non-hydrogen) atoms. The second kappa shape index (κ2) is 9.82. The quantitative estimate of drug-likeness (QED) is 0.355. The third-order valence-corrected chi connectivity index (χ3v) is 8.29. The van der Waals surface area contributed by atoms with E-state index < -0.39 is 10.0 Å². The minimum Gasteiger partial charge on any atom is -0.322 e. The van der Waals surface area contributed by atoms with E-state index in [9.17, 15) is 13.2 Å². The van der Waals surface area contributed by atoms with E-state index >= 15 is 0 Å². The number of nitrogens with one attached hydrogen (secondary N) is 1. The fourth-order valence-electron chi connectivity index (χ4n) is 3.35. The molecule has 8 heteroatoms. The maximum atomic E-state index is 12.6. The molecule has 1 aromatic heterocycles. The summed E-state index contributed by atoms with van der Waals surface area (Å²) >= 11 is 1.63. The number of fused-ring (bicyclic) bond motifs is 1. The Morgan fingerprint density at radius 2 is 1.70 bits per heavy atom. The summed E-state index contributed by atoms with van der Waals surface area (Å²) in [5, 5.41) is 3.78. The van der Waals surface area contributed by atoms with E-state index in [-0.39, 0.29) is 10.8 Å². The number of benzene rings is 3. The Labute approximate surface area is 198 Å². The van der Waals surface area contributed by atoms with E-state index in [1.54, 1.807) is 18.4 Å². The van der Waals surface area contributed by atoms with Gasteiger partial charge in [0.25, 0.3) is 5.91 Å². The minimum atomic E-state index is -3.56. The zero-order valence-electron chi connectivity index (χ0n) is 18.5. The number of para-hydroxylation sites is 1. The molecule has 4 rings (SSSR count). The molecular formula is C25H25N3O3S2. The van der Waals surface area contributed by atoms with Gasteiger partial charge >= 0.3 is 0 Å². The molecule has 1 heterocycles. The average Bonchev–Trinajstić information content (AvgIpc) is 3.27. The van der Waals surface area contributed by atoms with Crippen molar-refractivity contribution in [2.45, 2.75) is 24.7 Å². The Bertz CT molecular complexity index is 1330. The highest BCUT2D eigenvalue weighted by Gasteiger charge is 2.20. The van der Waals surface area contributed by atoms with Gasteiger partial charge < -0.3 is 5.32 Å². The number of nitrogens with zero attached hydrogens (tertiary/aromatic N) is 2. The van der Waals surface area contributed by atoms with Crippen molar-refractivity contribution in [2.24, 2.45) is 0 Å². The molecule has 1 amide bonds. The van der Waals surface area contributed by atoms with Crippen LogP contribution in [0, 0.1) is 0 Å². The number of carbonyl (C=O) groups excluding carboxylic acids is 1. The lowest BCUT2D eigenvalue weighted by molar-refractivity contribution is 0.102. The maximum absolute atomic E-state index is 12.6. The summed E-state index contributed by atoms with van der Waals surface area (Å²) < 4.78 is 27.8. The molecule has 4 aromatic rings. The van der Waals surface area contributed by atoms with Crippen molar-refractivity contribution in [1.29, 1.82) is 0 Å². The van der Waals surface area contributed by atoms with Gasteiger partial charge in [-0.15, -0.1) is 11.3 Å². The molecule has 3 aromatic carbocycles. The average molecular weight is 480 g/mol. The van der Waals surface area contributed by atoms with Crippen LogP contribution in [0.5, 0.6) is 0 Å². The molecule has 1 N–H and O–H groups in total. The van der Waals surface area contributed by atoms with E-state index in [0.717, 1.165) is 33.6 Å². The van der Waals surface area contributed by atoms with Gasteiger partial charge in [-0.3, -0.25) is 4.79 Å². The second-order valence-electron chi connectivity index (χ2n) is 7.72. The van der Waals surface area contributed by atoms with Gasteiger partial charge in [0.2, 0.25) is 10.0 Å². The Hall–Kier alpha value is -3.07. The molecule has 0 bridgehead atoms. The van der Waals surface area contributed by atoms with Crippen molar-refractivity contribution in [3.8, 4) is 10.6 Å². The molecule has 0 fully saturated rings. The van der Waals surface area contributed by atoms with Crippen molar-refractivity contribution in [2.75, 3.05) is 18.9 Å². The van der Waals surface area contributed by atoms with E-state index in [4.69, 9.17) is 0 Å². The van der Waals surface area contributed by atoms with Crippen LogP contribution >= 0.6 is 11.3 Å². The van der Waals surface area contributed by atoms with Gasteiger partial charge in [0, 0.05) is 30.4 Å². The fraction of sp³-hybridized carbons (Fsp3) is 0.200. The Morgan fingerprint density at radius 1 is 1.00 bits per heavy atom. The third kappa shape index (κ3) is 5.13. The summed E-state index contributed by atoms with van der Waals surface area (Å²) in [6.45, 7) is 2.48. The van der Waals surface area contributed by atoms with Crippen LogP contribution in [0.2, 0.25) is 0 Å². The van der Waals surface area contributed by atoms with E-state index in [1.807, 2.05) is 55.5 Å². The van der Waals surface area contributed by atoms with Gasteiger partial charge in [-0.2, -0.15) is 0 Å². The van der Waals surface area contributed by atoms with Gasteiger partial charge in [-0.05, 0) is 67.1 Å². The summed E-state index contributed by atoms with van der Waals surface area (Å²) in [6, 6.07) is 21.5. The molecule has 0 spiro atoms. The van der Waals surface area contributed by atoms with Crippen molar-refractivity contribution in [3.63, 3.8) is 0 Å². The van der Waals surface area contributed by atoms with Crippen molar-refractivity contribution in [3.05, 3.63) is 78.4 Å². The molecular weight excluding hydrogens is 454 g/mol. The van der Waals surface area contributed by atoms with Crippen LogP contribution in [0.1, 0.15) is 30.1 Å².